The van der Waals surface area contributed by atoms with Crippen LogP contribution in [0.3, 0.4) is 0 Å². The first-order chi connectivity index (χ1) is 6.91. The minimum Gasteiger partial charge on any atom is -0.495 e. The molecule has 0 aliphatic heterocycles. The quantitative estimate of drug-likeness (QED) is 0.924. The highest BCUT2D eigenvalue weighted by Gasteiger charge is 2.37. The second-order valence-electron chi connectivity index (χ2n) is 3.28. The third-order valence-corrected chi connectivity index (χ3v) is 2.68. The fraction of sp³-hybridized carbons (Fsp3) is 0.444. The molecule has 0 amide bonds. The molecule has 6 heteroatoms. The van der Waals surface area contributed by atoms with Crippen molar-refractivity contribution in [3.05, 3.63) is 22.4 Å². The Morgan fingerprint density at radius 3 is 2.60 bits per heavy atom. The molecule has 3 nitrogen and oxygen atoms in total. The zero-order chi connectivity index (χ0) is 11.6. The van der Waals surface area contributed by atoms with Crippen LogP contribution in [-0.4, -0.2) is 18.5 Å². The van der Waals surface area contributed by atoms with Crippen LogP contribution >= 0.6 is 15.9 Å². The Morgan fingerprint density at radius 2 is 2.13 bits per heavy atom. The van der Waals surface area contributed by atoms with Crippen LogP contribution in [0.15, 0.2) is 16.9 Å². The maximum Gasteiger partial charge on any atom is 0.260 e. The molecule has 1 heterocycles. The number of hydrogen-bond donors (Lipinski definition) is 1. The highest BCUT2D eigenvalue weighted by Crippen LogP contribution is 2.36. The molecule has 0 aromatic carbocycles. The van der Waals surface area contributed by atoms with Crippen molar-refractivity contribution in [3.8, 4) is 5.75 Å². The van der Waals surface area contributed by atoms with Crippen LogP contribution in [0.4, 0.5) is 8.78 Å². The number of methoxy groups -OCH3 is 1. The molecule has 0 bridgehead atoms. The normalized spacial score (nSPS) is 15.1. The topological polar surface area (TPSA) is 48.1 Å². The van der Waals surface area contributed by atoms with Gasteiger partial charge in [0, 0.05) is 16.2 Å². The summed E-state index contributed by atoms with van der Waals surface area (Å²) < 4.78 is 30.9. The van der Waals surface area contributed by atoms with Gasteiger partial charge in [0.25, 0.3) is 6.43 Å². The van der Waals surface area contributed by atoms with E-state index in [9.17, 15) is 8.78 Å². The van der Waals surface area contributed by atoms with Gasteiger partial charge in [-0.2, -0.15) is 0 Å². The van der Waals surface area contributed by atoms with Crippen LogP contribution in [-0.2, 0) is 5.54 Å². The highest BCUT2D eigenvalue weighted by molar-refractivity contribution is 9.10. The van der Waals surface area contributed by atoms with E-state index in [-0.39, 0.29) is 11.3 Å². The van der Waals surface area contributed by atoms with Gasteiger partial charge in [0.2, 0.25) is 0 Å². The number of nitrogens with two attached hydrogens (primary N) is 1. The van der Waals surface area contributed by atoms with E-state index < -0.39 is 12.0 Å². The van der Waals surface area contributed by atoms with Crippen molar-refractivity contribution in [1.29, 1.82) is 0 Å². The summed E-state index contributed by atoms with van der Waals surface area (Å²) in [7, 11) is 1.38. The molecular weight excluding hydrogens is 270 g/mol. The molecule has 1 atom stereocenters. The van der Waals surface area contributed by atoms with E-state index in [2.05, 4.69) is 20.9 Å². The SMILES string of the molecule is COc1cncc(Br)c1C(C)(N)C(F)F. The maximum atomic E-state index is 12.8. The van der Waals surface area contributed by atoms with Gasteiger partial charge < -0.3 is 10.5 Å². The number of halogens is 3. The number of pyridine rings is 1. The molecule has 84 valence electrons. The van der Waals surface area contributed by atoms with Gasteiger partial charge in [-0.1, -0.05) is 0 Å². The van der Waals surface area contributed by atoms with Gasteiger partial charge in [-0.05, 0) is 22.9 Å². The number of aromatic nitrogens is 1. The lowest BCUT2D eigenvalue weighted by Crippen LogP contribution is -2.41. The molecule has 0 saturated heterocycles. The van der Waals surface area contributed by atoms with Crippen LogP contribution < -0.4 is 10.5 Å². The summed E-state index contributed by atoms with van der Waals surface area (Å²) in [5.74, 6) is 0.245. The molecule has 0 saturated carbocycles. The van der Waals surface area contributed by atoms with E-state index in [1.807, 2.05) is 0 Å². The van der Waals surface area contributed by atoms with E-state index in [4.69, 9.17) is 10.5 Å². The van der Waals surface area contributed by atoms with E-state index >= 15 is 0 Å². The van der Waals surface area contributed by atoms with E-state index in [0.717, 1.165) is 0 Å². The number of hydrogen-bond acceptors (Lipinski definition) is 3. The fourth-order valence-electron chi connectivity index (χ4n) is 1.20. The average molecular weight is 281 g/mol. The molecule has 1 rings (SSSR count). The lowest BCUT2D eigenvalue weighted by molar-refractivity contribution is 0.0606. The van der Waals surface area contributed by atoms with Crippen molar-refractivity contribution in [2.75, 3.05) is 7.11 Å². The zero-order valence-corrected chi connectivity index (χ0v) is 9.88. The fourth-order valence-corrected chi connectivity index (χ4v) is 1.94. The number of rotatable bonds is 3. The molecule has 1 unspecified atom stereocenters. The van der Waals surface area contributed by atoms with Crippen molar-refractivity contribution in [3.63, 3.8) is 0 Å². The van der Waals surface area contributed by atoms with Gasteiger partial charge in [0.15, 0.2) is 0 Å². The summed E-state index contributed by atoms with van der Waals surface area (Å²) >= 11 is 3.14. The molecule has 1 aromatic heterocycles. The minimum atomic E-state index is -2.69. The van der Waals surface area contributed by atoms with E-state index in [1.165, 1.54) is 26.4 Å². The monoisotopic (exact) mass is 280 g/mol. The van der Waals surface area contributed by atoms with E-state index in [1.54, 1.807) is 0 Å². The summed E-state index contributed by atoms with van der Waals surface area (Å²) in [6.07, 6.45) is 0.0731. The highest BCUT2D eigenvalue weighted by atomic mass is 79.9. The largest absolute Gasteiger partial charge is 0.495 e. The van der Waals surface area contributed by atoms with Gasteiger partial charge in [0.05, 0.1) is 13.3 Å². The Morgan fingerprint density at radius 1 is 1.53 bits per heavy atom. The Hall–Kier alpha value is -0.750. The van der Waals surface area contributed by atoms with E-state index in [0.29, 0.717) is 4.47 Å². The lowest BCUT2D eigenvalue weighted by atomic mass is 9.94. The van der Waals surface area contributed by atoms with Crippen LogP contribution in [0.5, 0.6) is 5.75 Å². The van der Waals surface area contributed by atoms with Crippen LogP contribution in [0.25, 0.3) is 0 Å². The Labute approximate surface area is 94.8 Å². The first-order valence-electron chi connectivity index (χ1n) is 4.16. The molecular formula is C9H11BrF2N2O. The van der Waals surface area contributed by atoms with Crippen molar-refractivity contribution >= 4 is 15.9 Å². The maximum absolute atomic E-state index is 12.8. The third kappa shape index (κ3) is 2.26. The Balaban J connectivity index is 3.34. The summed E-state index contributed by atoms with van der Waals surface area (Å²) in [5, 5.41) is 0. The minimum absolute atomic E-state index is 0.218. The second-order valence-corrected chi connectivity index (χ2v) is 4.14. The van der Waals surface area contributed by atoms with Crippen molar-refractivity contribution in [2.24, 2.45) is 5.73 Å². The Bertz CT molecular complexity index is 358. The third-order valence-electron chi connectivity index (χ3n) is 2.08. The van der Waals surface area contributed by atoms with Crippen molar-refractivity contribution in [2.45, 2.75) is 18.9 Å². The second kappa shape index (κ2) is 4.40. The predicted molar refractivity (Wildman–Crippen MR) is 56.0 cm³/mol. The molecule has 2 N–H and O–H groups in total. The lowest BCUT2D eigenvalue weighted by Gasteiger charge is -2.26. The van der Waals surface area contributed by atoms with Gasteiger partial charge in [-0.25, -0.2) is 8.78 Å². The molecule has 0 radical (unpaired) electrons. The summed E-state index contributed by atoms with van der Waals surface area (Å²) in [6.45, 7) is 1.25. The first kappa shape index (κ1) is 12.3. The molecule has 0 aliphatic rings. The molecule has 0 fully saturated rings. The average Bonchev–Trinajstić information content (AvgIpc) is 2.16. The standard InChI is InChI=1S/C9H11BrF2N2O/c1-9(13,8(11)12)7-5(10)3-14-4-6(7)15-2/h3-4,8H,13H2,1-2H3. The zero-order valence-electron chi connectivity index (χ0n) is 8.30. The number of alkyl halides is 2. The van der Waals surface area contributed by atoms with Crippen molar-refractivity contribution < 1.29 is 13.5 Å². The molecule has 0 aliphatic carbocycles. The molecule has 15 heavy (non-hydrogen) atoms. The van der Waals surface area contributed by atoms with Crippen LogP contribution in [0.2, 0.25) is 0 Å². The summed E-state index contributed by atoms with van der Waals surface area (Å²) in [4.78, 5) is 3.82. The van der Waals surface area contributed by atoms with Crippen LogP contribution in [0, 0.1) is 0 Å². The van der Waals surface area contributed by atoms with Gasteiger partial charge >= 0.3 is 0 Å². The van der Waals surface area contributed by atoms with Gasteiger partial charge in [-0.3, -0.25) is 4.98 Å². The molecule has 1 aromatic rings. The smallest absolute Gasteiger partial charge is 0.260 e. The summed E-state index contributed by atoms with van der Waals surface area (Å²) in [6, 6.07) is 0. The Kier molecular flexibility index (Phi) is 3.62. The van der Waals surface area contributed by atoms with Gasteiger partial charge in [0.1, 0.15) is 11.3 Å². The number of nitrogens with zero attached hydrogens (tertiary/aromatic N) is 1. The summed E-state index contributed by atoms with van der Waals surface area (Å²) in [5.41, 5.74) is 4.02. The first-order valence-corrected chi connectivity index (χ1v) is 4.95. The molecule has 0 spiro atoms. The van der Waals surface area contributed by atoms with Crippen LogP contribution in [0.1, 0.15) is 12.5 Å². The predicted octanol–water partition coefficient (Wildman–Crippen LogP) is 2.29. The van der Waals surface area contributed by atoms with Crippen molar-refractivity contribution in [1.82, 2.24) is 4.98 Å². The van der Waals surface area contributed by atoms with Gasteiger partial charge in [-0.15, -0.1) is 0 Å². The number of ether oxygens (including phenoxy) is 1.